The van der Waals surface area contributed by atoms with Crippen molar-refractivity contribution in [2.75, 3.05) is 13.1 Å². The van der Waals surface area contributed by atoms with Gasteiger partial charge in [-0.25, -0.2) is 4.39 Å². The van der Waals surface area contributed by atoms with E-state index in [1.54, 1.807) is 12.1 Å². The maximum absolute atomic E-state index is 13.5. The third-order valence-electron chi connectivity index (χ3n) is 4.53. The quantitative estimate of drug-likeness (QED) is 0.774. The number of hydrogen-bond acceptors (Lipinski definition) is 2. The standard InChI is InChI=1S/C15H16FN3S/c16-11-3-1-2-10(8-11)13-14-12(17-15(20)18-13)9-4-6-19(14)7-5-9/h1-3,8,13-14H,4-7H2,(H2,17,18,20). The van der Waals surface area contributed by atoms with Gasteiger partial charge in [0.15, 0.2) is 5.11 Å². The van der Waals surface area contributed by atoms with Gasteiger partial charge in [0.05, 0.1) is 12.1 Å². The largest absolute Gasteiger partial charge is 0.354 e. The van der Waals surface area contributed by atoms with Crippen LogP contribution in [0.5, 0.6) is 0 Å². The molecule has 2 unspecified atom stereocenters. The molecule has 0 spiro atoms. The van der Waals surface area contributed by atoms with Crippen LogP contribution in [-0.4, -0.2) is 29.1 Å². The third-order valence-corrected chi connectivity index (χ3v) is 4.75. The van der Waals surface area contributed by atoms with Crippen LogP contribution in [0.1, 0.15) is 24.4 Å². The number of benzene rings is 1. The summed E-state index contributed by atoms with van der Waals surface area (Å²) >= 11 is 5.33. The fraction of sp³-hybridized carbons (Fsp3) is 0.400. The van der Waals surface area contributed by atoms with E-state index >= 15 is 0 Å². The van der Waals surface area contributed by atoms with E-state index in [1.165, 1.54) is 17.3 Å². The van der Waals surface area contributed by atoms with E-state index in [-0.39, 0.29) is 17.9 Å². The third kappa shape index (κ3) is 1.84. The average molecular weight is 289 g/mol. The van der Waals surface area contributed by atoms with Crippen molar-refractivity contribution in [3.8, 4) is 0 Å². The topological polar surface area (TPSA) is 27.3 Å². The summed E-state index contributed by atoms with van der Waals surface area (Å²) in [7, 11) is 0. The number of nitrogens with zero attached hydrogens (tertiary/aromatic N) is 1. The molecule has 0 aliphatic carbocycles. The summed E-state index contributed by atoms with van der Waals surface area (Å²) in [5, 5.41) is 7.30. The Kier molecular flexibility index (Phi) is 2.79. The van der Waals surface area contributed by atoms with Gasteiger partial charge in [-0.3, -0.25) is 4.90 Å². The molecule has 2 saturated heterocycles. The van der Waals surface area contributed by atoms with Gasteiger partial charge in [-0.2, -0.15) is 0 Å². The van der Waals surface area contributed by atoms with Crippen LogP contribution in [0.2, 0.25) is 0 Å². The van der Waals surface area contributed by atoms with Crippen LogP contribution in [0.25, 0.3) is 0 Å². The number of halogens is 1. The van der Waals surface area contributed by atoms with Crippen LogP contribution in [0, 0.1) is 5.82 Å². The van der Waals surface area contributed by atoms with Gasteiger partial charge in [0.1, 0.15) is 5.82 Å². The number of hydrogen-bond donors (Lipinski definition) is 2. The molecule has 0 radical (unpaired) electrons. The number of nitrogens with one attached hydrogen (secondary N) is 2. The van der Waals surface area contributed by atoms with E-state index in [0.717, 1.165) is 31.5 Å². The minimum Gasteiger partial charge on any atom is -0.354 e. The monoisotopic (exact) mass is 289 g/mol. The first-order valence-corrected chi connectivity index (χ1v) is 7.42. The Balaban J connectivity index is 1.79. The van der Waals surface area contributed by atoms with Gasteiger partial charge in [0.2, 0.25) is 0 Å². The molecule has 5 heteroatoms. The highest BCUT2D eigenvalue weighted by Crippen LogP contribution is 2.38. The van der Waals surface area contributed by atoms with Crippen molar-refractivity contribution >= 4 is 17.3 Å². The number of rotatable bonds is 1. The van der Waals surface area contributed by atoms with Crippen molar-refractivity contribution < 1.29 is 4.39 Å². The van der Waals surface area contributed by atoms with E-state index in [1.807, 2.05) is 6.07 Å². The Bertz CT molecular complexity index is 603. The SMILES string of the molecule is Fc1cccc(C2NC(=S)NC3=C4CCN(CC4)C32)c1. The van der Waals surface area contributed by atoms with Gasteiger partial charge in [-0.15, -0.1) is 0 Å². The first kappa shape index (κ1) is 12.3. The summed E-state index contributed by atoms with van der Waals surface area (Å²) < 4.78 is 13.5. The molecule has 2 atom stereocenters. The van der Waals surface area contributed by atoms with Crippen molar-refractivity contribution in [1.29, 1.82) is 0 Å². The van der Waals surface area contributed by atoms with Gasteiger partial charge in [-0.05, 0) is 48.3 Å². The smallest absolute Gasteiger partial charge is 0.171 e. The average Bonchev–Trinajstić information content (AvgIpc) is 2.47. The molecule has 2 bridgehead atoms. The Labute approximate surface area is 122 Å². The zero-order chi connectivity index (χ0) is 13.7. The Morgan fingerprint density at radius 1 is 1.25 bits per heavy atom. The van der Waals surface area contributed by atoms with Crippen LogP contribution in [0.4, 0.5) is 4.39 Å². The molecule has 5 rings (SSSR count). The Morgan fingerprint density at radius 3 is 2.80 bits per heavy atom. The van der Waals surface area contributed by atoms with E-state index in [2.05, 4.69) is 15.5 Å². The summed E-state index contributed by atoms with van der Waals surface area (Å²) in [6.07, 6.45) is 2.24. The molecular weight excluding hydrogens is 273 g/mol. The lowest BCUT2D eigenvalue weighted by Gasteiger charge is -2.50. The minimum absolute atomic E-state index is 0.0325. The molecular formula is C15H16FN3S. The summed E-state index contributed by atoms with van der Waals surface area (Å²) in [6.45, 7) is 2.18. The molecule has 2 N–H and O–H groups in total. The van der Waals surface area contributed by atoms with Gasteiger partial charge in [0, 0.05) is 18.8 Å². The molecule has 20 heavy (non-hydrogen) atoms. The van der Waals surface area contributed by atoms with Gasteiger partial charge < -0.3 is 10.6 Å². The van der Waals surface area contributed by atoms with Gasteiger partial charge in [0.25, 0.3) is 0 Å². The molecule has 3 nitrogen and oxygen atoms in total. The van der Waals surface area contributed by atoms with E-state index in [9.17, 15) is 4.39 Å². The molecule has 0 amide bonds. The fourth-order valence-corrected chi connectivity index (χ4v) is 3.85. The summed E-state index contributed by atoms with van der Waals surface area (Å²) in [4.78, 5) is 2.47. The van der Waals surface area contributed by atoms with E-state index in [0.29, 0.717) is 5.11 Å². The Morgan fingerprint density at radius 2 is 2.05 bits per heavy atom. The normalized spacial score (nSPS) is 31.6. The van der Waals surface area contributed by atoms with Crippen molar-refractivity contribution in [2.24, 2.45) is 0 Å². The van der Waals surface area contributed by atoms with Gasteiger partial charge >= 0.3 is 0 Å². The molecule has 2 fully saturated rings. The van der Waals surface area contributed by atoms with Crippen molar-refractivity contribution in [1.82, 2.24) is 15.5 Å². The lowest BCUT2D eigenvalue weighted by Crippen LogP contribution is -2.61. The second-order valence-corrected chi connectivity index (χ2v) is 6.04. The molecule has 104 valence electrons. The highest BCUT2D eigenvalue weighted by Gasteiger charge is 2.42. The highest BCUT2D eigenvalue weighted by molar-refractivity contribution is 7.80. The Hall–Kier alpha value is -1.46. The molecule has 4 heterocycles. The summed E-state index contributed by atoms with van der Waals surface area (Å²) in [5.74, 6) is -0.195. The second kappa shape index (κ2) is 4.53. The predicted octanol–water partition coefficient (Wildman–Crippen LogP) is 2.08. The molecule has 1 aromatic carbocycles. The minimum atomic E-state index is -0.195. The number of piperidine rings is 1. The van der Waals surface area contributed by atoms with Crippen molar-refractivity contribution in [3.05, 3.63) is 46.9 Å². The number of thiocarbonyl (C=S) groups is 1. The maximum atomic E-state index is 13.5. The first-order valence-electron chi connectivity index (χ1n) is 7.01. The van der Waals surface area contributed by atoms with Crippen LogP contribution < -0.4 is 10.6 Å². The van der Waals surface area contributed by atoms with Crippen molar-refractivity contribution in [3.63, 3.8) is 0 Å². The summed E-state index contributed by atoms with van der Waals surface area (Å²) in [5.41, 5.74) is 3.70. The lowest BCUT2D eigenvalue weighted by molar-refractivity contribution is 0.141. The number of fused-ring (bicyclic) bond motifs is 2. The molecule has 4 aliphatic rings. The van der Waals surface area contributed by atoms with Crippen LogP contribution >= 0.6 is 12.2 Å². The molecule has 0 saturated carbocycles. The fourth-order valence-electron chi connectivity index (χ4n) is 3.62. The lowest BCUT2D eigenvalue weighted by atomic mass is 9.83. The molecule has 4 aliphatic heterocycles. The van der Waals surface area contributed by atoms with Crippen LogP contribution in [0.15, 0.2) is 35.5 Å². The molecule has 1 aromatic rings. The highest BCUT2D eigenvalue weighted by atomic mass is 32.1. The zero-order valence-corrected chi connectivity index (χ0v) is 11.8. The van der Waals surface area contributed by atoms with Gasteiger partial charge in [-0.1, -0.05) is 12.1 Å². The predicted molar refractivity (Wildman–Crippen MR) is 79.6 cm³/mol. The van der Waals surface area contributed by atoms with E-state index < -0.39 is 0 Å². The van der Waals surface area contributed by atoms with Crippen LogP contribution in [-0.2, 0) is 0 Å². The molecule has 0 aromatic heterocycles. The first-order chi connectivity index (χ1) is 9.72. The van der Waals surface area contributed by atoms with Crippen molar-refractivity contribution in [2.45, 2.75) is 24.9 Å². The van der Waals surface area contributed by atoms with Crippen LogP contribution in [0.3, 0.4) is 0 Å². The van der Waals surface area contributed by atoms with E-state index in [4.69, 9.17) is 12.2 Å². The second-order valence-electron chi connectivity index (χ2n) is 5.63. The maximum Gasteiger partial charge on any atom is 0.171 e. The summed E-state index contributed by atoms with van der Waals surface area (Å²) in [6, 6.07) is 7.11. The zero-order valence-electron chi connectivity index (χ0n) is 11.0.